The van der Waals surface area contributed by atoms with Crippen molar-refractivity contribution in [2.24, 2.45) is 0 Å². The maximum Gasteiger partial charge on any atom is 0.294 e. The van der Waals surface area contributed by atoms with Gasteiger partial charge in [0.1, 0.15) is 17.9 Å². The van der Waals surface area contributed by atoms with Crippen LogP contribution in [0, 0.1) is 17.1 Å². The molecule has 1 heterocycles. The molecule has 0 radical (unpaired) electrons. The third kappa shape index (κ3) is 3.01. The molecular weight excluding hydrogens is 304 g/mol. The van der Waals surface area contributed by atoms with Gasteiger partial charge in [0.25, 0.3) is 5.56 Å². The number of H-pyrrole nitrogens is 1. The monoisotopic (exact) mass is 311 g/mol. The number of hydrogen-bond donors (Lipinski definition) is 1. The largest absolute Gasteiger partial charge is 0.446 e. The van der Waals surface area contributed by atoms with E-state index in [4.69, 9.17) is 21.6 Å². The van der Waals surface area contributed by atoms with E-state index in [0.717, 1.165) is 25.4 Å². The van der Waals surface area contributed by atoms with Crippen molar-refractivity contribution in [1.82, 2.24) is 9.97 Å². The summed E-state index contributed by atoms with van der Waals surface area (Å²) in [6, 6.07) is 3.79. The average molecular weight is 312 g/mol. The first kappa shape index (κ1) is 14.9. The van der Waals surface area contributed by atoms with Gasteiger partial charge in [0.2, 0.25) is 5.75 Å². The van der Waals surface area contributed by atoms with Crippen molar-refractivity contribution < 1.29 is 13.5 Å². The van der Waals surface area contributed by atoms with Crippen molar-refractivity contribution in [2.45, 2.75) is 13.1 Å². The third-order valence-electron chi connectivity index (χ3n) is 2.55. The number of rotatable bonds is 3. The third-order valence-corrected chi connectivity index (χ3v) is 2.77. The average Bonchev–Trinajstić information content (AvgIpc) is 2.44. The van der Waals surface area contributed by atoms with Crippen molar-refractivity contribution in [1.29, 1.82) is 5.26 Å². The number of nitrogens with one attached hydrogen (secondary N) is 1. The molecule has 1 aromatic heterocycles. The highest BCUT2D eigenvalue weighted by Crippen LogP contribution is 2.31. The van der Waals surface area contributed by atoms with Crippen LogP contribution in [-0.2, 0) is 0 Å². The molecule has 1 unspecified atom stereocenters. The van der Waals surface area contributed by atoms with Gasteiger partial charge < -0.3 is 9.72 Å². The van der Waals surface area contributed by atoms with Crippen LogP contribution >= 0.6 is 11.6 Å². The second kappa shape index (κ2) is 5.89. The number of aromatic amines is 1. The van der Waals surface area contributed by atoms with Crippen LogP contribution in [0.2, 0.25) is 5.02 Å². The summed E-state index contributed by atoms with van der Waals surface area (Å²) in [5, 5.41) is 8.83. The molecule has 8 heteroatoms. The molecule has 0 saturated heterocycles. The molecule has 0 bridgehead atoms. The summed E-state index contributed by atoms with van der Waals surface area (Å²) in [5.41, 5.74) is -1.41. The SMILES string of the molecule is CC(F)c1nc[nH]c(=O)c1Oc1cc(Cl)cc(C#N)c1F. The highest BCUT2D eigenvalue weighted by Gasteiger charge is 2.20. The number of alkyl halides is 1. The molecule has 0 spiro atoms. The van der Waals surface area contributed by atoms with Gasteiger partial charge in [0, 0.05) is 11.1 Å². The smallest absolute Gasteiger partial charge is 0.294 e. The minimum Gasteiger partial charge on any atom is -0.446 e. The van der Waals surface area contributed by atoms with Crippen LogP contribution in [-0.4, -0.2) is 9.97 Å². The van der Waals surface area contributed by atoms with Crippen molar-refractivity contribution in [3.8, 4) is 17.6 Å². The Kier molecular flexibility index (Phi) is 4.19. The summed E-state index contributed by atoms with van der Waals surface area (Å²) in [4.78, 5) is 17.5. The van der Waals surface area contributed by atoms with E-state index in [9.17, 15) is 13.6 Å². The van der Waals surface area contributed by atoms with Gasteiger partial charge in [0.05, 0.1) is 11.9 Å². The van der Waals surface area contributed by atoms with Gasteiger partial charge in [-0.15, -0.1) is 0 Å². The Bertz CT molecular complexity index is 784. The summed E-state index contributed by atoms with van der Waals surface area (Å²) in [7, 11) is 0. The summed E-state index contributed by atoms with van der Waals surface area (Å²) < 4.78 is 32.5. The molecule has 0 aliphatic carbocycles. The van der Waals surface area contributed by atoms with E-state index < -0.39 is 29.0 Å². The Morgan fingerprint density at radius 1 is 1.52 bits per heavy atom. The van der Waals surface area contributed by atoms with Crippen LogP contribution in [0.25, 0.3) is 0 Å². The van der Waals surface area contributed by atoms with Gasteiger partial charge in [-0.1, -0.05) is 11.6 Å². The first-order valence-corrected chi connectivity index (χ1v) is 6.10. The summed E-state index contributed by atoms with van der Waals surface area (Å²) in [5.74, 6) is -1.94. The molecule has 0 amide bonds. The lowest BCUT2D eigenvalue weighted by molar-refractivity contribution is 0.343. The molecule has 2 rings (SSSR count). The fraction of sp³-hybridized carbons (Fsp3) is 0.154. The van der Waals surface area contributed by atoms with Gasteiger partial charge >= 0.3 is 0 Å². The van der Waals surface area contributed by atoms with Crippen molar-refractivity contribution in [2.75, 3.05) is 0 Å². The van der Waals surface area contributed by atoms with Crippen LogP contribution in [0.1, 0.15) is 24.4 Å². The Labute approximate surface area is 122 Å². The molecule has 21 heavy (non-hydrogen) atoms. The van der Waals surface area contributed by atoms with E-state index >= 15 is 0 Å². The number of ether oxygens (including phenoxy) is 1. The standard InChI is InChI=1S/C13H8ClF2N3O2/c1-6(15)11-12(13(20)19-5-18-11)21-9-3-8(14)2-7(4-17)10(9)16/h2-3,5-6H,1H3,(H,18,19,20). The second-order valence-electron chi connectivity index (χ2n) is 4.04. The van der Waals surface area contributed by atoms with Crippen LogP contribution in [0.5, 0.6) is 11.5 Å². The zero-order valence-corrected chi connectivity index (χ0v) is 11.4. The lowest BCUT2D eigenvalue weighted by Gasteiger charge is -2.11. The number of hydrogen-bond acceptors (Lipinski definition) is 4. The highest BCUT2D eigenvalue weighted by molar-refractivity contribution is 6.30. The first-order valence-electron chi connectivity index (χ1n) is 5.72. The predicted octanol–water partition coefficient (Wildman–Crippen LogP) is 3.26. The molecule has 5 nitrogen and oxygen atoms in total. The zero-order valence-electron chi connectivity index (χ0n) is 10.7. The molecular formula is C13H8ClF2N3O2. The Hall–Kier alpha value is -2.46. The van der Waals surface area contributed by atoms with Gasteiger partial charge in [-0.3, -0.25) is 4.79 Å². The summed E-state index contributed by atoms with van der Waals surface area (Å²) >= 11 is 5.74. The van der Waals surface area contributed by atoms with Gasteiger partial charge in [-0.2, -0.15) is 5.26 Å². The number of aromatic nitrogens is 2. The quantitative estimate of drug-likeness (QED) is 0.943. The molecule has 0 aliphatic rings. The fourth-order valence-corrected chi connectivity index (χ4v) is 1.82. The molecule has 1 atom stereocenters. The van der Waals surface area contributed by atoms with Gasteiger partial charge in [-0.05, 0) is 13.0 Å². The van der Waals surface area contributed by atoms with E-state index in [-0.39, 0.29) is 16.3 Å². The van der Waals surface area contributed by atoms with Crippen LogP contribution in [0.4, 0.5) is 8.78 Å². The second-order valence-corrected chi connectivity index (χ2v) is 4.48. The normalized spacial score (nSPS) is 11.8. The number of nitrogens with zero attached hydrogens (tertiary/aromatic N) is 2. The number of nitriles is 1. The maximum atomic E-state index is 14.0. The topological polar surface area (TPSA) is 78.8 Å². The highest BCUT2D eigenvalue weighted by atomic mass is 35.5. The van der Waals surface area contributed by atoms with E-state index in [0.29, 0.717) is 0 Å². The summed E-state index contributed by atoms with van der Waals surface area (Å²) in [6.07, 6.45) is -0.588. The molecule has 108 valence electrons. The Balaban J connectivity index is 2.57. The Morgan fingerprint density at radius 3 is 2.86 bits per heavy atom. The number of halogens is 3. The number of benzene rings is 1. The van der Waals surface area contributed by atoms with Crippen molar-refractivity contribution in [3.63, 3.8) is 0 Å². The van der Waals surface area contributed by atoms with Crippen LogP contribution < -0.4 is 10.3 Å². The predicted molar refractivity (Wildman–Crippen MR) is 70.6 cm³/mol. The molecule has 0 saturated carbocycles. The lowest BCUT2D eigenvalue weighted by Crippen LogP contribution is -2.13. The Morgan fingerprint density at radius 2 is 2.24 bits per heavy atom. The molecule has 1 N–H and O–H groups in total. The fourth-order valence-electron chi connectivity index (χ4n) is 1.61. The van der Waals surface area contributed by atoms with Gasteiger partial charge in [-0.25, -0.2) is 13.8 Å². The molecule has 2 aromatic rings. The van der Waals surface area contributed by atoms with E-state index in [1.807, 2.05) is 0 Å². The maximum absolute atomic E-state index is 14.0. The van der Waals surface area contributed by atoms with Crippen molar-refractivity contribution in [3.05, 3.63) is 50.9 Å². The van der Waals surface area contributed by atoms with Crippen LogP contribution in [0.15, 0.2) is 23.3 Å². The van der Waals surface area contributed by atoms with E-state index in [1.54, 1.807) is 6.07 Å². The minimum atomic E-state index is -1.60. The first-order chi connectivity index (χ1) is 9.93. The summed E-state index contributed by atoms with van der Waals surface area (Å²) in [6.45, 7) is 1.16. The molecule has 1 aromatic carbocycles. The van der Waals surface area contributed by atoms with Gasteiger partial charge in [0.15, 0.2) is 11.6 Å². The van der Waals surface area contributed by atoms with Crippen molar-refractivity contribution >= 4 is 11.6 Å². The lowest BCUT2D eigenvalue weighted by atomic mass is 10.2. The van der Waals surface area contributed by atoms with E-state index in [1.165, 1.54) is 0 Å². The van der Waals surface area contributed by atoms with E-state index in [2.05, 4.69) is 9.97 Å². The molecule has 0 aliphatic heterocycles. The minimum absolute atomic E-state index is 0.0399. The molecule has 0 fully saturated rings. The van der Waals surface area contributed by atoms with Crippen LogP contribution in [0.3, 0.4) is 0 Å². The zero-order chi connectivity index (χ0) is 15.6.